The number of nitrogens with one attached hydrogen (secondary N) is 1. The first-order valence-corrected chi connectivity index (χ1v) is 7.17. The number of para-hydroxylation sites is 1. The van der Waals surface area contributed by atoms with Crippen molar-refractivity contribution in [3.8, 4) is 5.75 Å². The first kappa shape index (κ1) is 13.6. The van der Waals surface area contributed by atoms with Gasteiger partial charge in [-0.15, -0.1) is 0 Å². The van der Waals surface area contributed by atoms with Crippen molar-refractivity contribution < 1.29 is 13.5 Å². The molecule has 1 aromatic carbocycles. The van der Waals surface area contributed by atoms with Gasteiger partial charge >= 0.3 is 6.61 Å². The molecule has 0 aliphatic carbocycles. The number of halogens is 2. The minimum absolute atomic E-state index is 0.0786. The van der Waals surface area contributed by atoms with E-state index < -0.39 is 6.61 Å². The molecule has 5 heteroatoms. The second kappa shape index (κ2) is 6.38. The Kier molecular flexibility index (Phi) is 4.83. The van der Waals surface area contributed by atoms with Crippen LogP contribution in [0.25, 0.3) is 0 Å². The summed E-state index contributed by atoms with van der Waals surface area (Å²) >= 11 is 1.85. The number of hydrogen-bond acceptors (Lipinski definition) is 3. The summed E-state index contributed by atoms with van der Waals surface area (Å²) in [5.74, 6) is 2.86. The number of ether oxygens (including phenoxy) is 1. The lowest BCUT2D eigenvalue weighted by molar-refractivity contribution is -0.0506. The maximum absolute atomic E-state index is 12.4. The monoisotopic (exact) mass is 273 g/mol. The average molecular weight is 273 g/mol. The van der Waals surface area contributed by atoms with Gasteiger partial charge in [0.2, 0.25) is 0 Å². The fraction of sp³-hybridized carbons (Fsp3) is 0.538. The number of benzene rings is 1. The van der Waals surface area contributed by atoms with E-state index in [4.69, 9.17) is 0 Å². The average Bonchev–Trinajstić information content (AvgIpc) is 2.54. The molecule has 0 spiro atoms. The quantitative estimate of drug-likeness (QED) is 0.913. The Hall–Kier alpha value is -0.810. The van der Waals surface area contributed by atoms with Crippen molar-refractivity contribution in [1.29, 1.82) is 0 Å². The fourth-order valence-electron chi connectivity index (χ4n) is 2.02. The van der Waals surface area contributed by atoms with Crippen LogP contribution in [0, 0.1) is 5.92 Å². The summed E-state index contributed by atoms with van der Waals surface area (Å²) in [6.45, 7) is 0.313. The van der Waals surface area contributed by atoms with Gasteiger partial charge in [-0.1, -0.05) is 25.1 Å². The van der Waals surface area contributed by atoms with Crippen LogP contribution in [-0.4, -0.2) is 24.7 Å². The molecule has 2 nitrogen and oxygen atoms in total. The molecule has 0 radical (unpaired) electrons. The smallest absolute Gasteiger partial charge is 0.387 e. The Bertz CT molecular complexity index is 389. The van der Waals surface area contributed by atoms with Gasteiger partial charge in [0, 0.05) is 17.4 Å². The van der Waals surface area contributed by atoms with Crippen molar-refractivity contribution in [2.45, 2.75) is 19.6 Å². The number of thioether (sulfide) groups is 1. The van der Waals surface area contributed by atoms with Crippen LogP contribution in [0.15, 0.2) is 24.3 Å². The molecule has 2 rings (SSSR count). The van der Waals surface area contributed by atoms with E-state index >= 15 is 0 Å². The van der Waals surface area contributed by atoms with E-state index in [9.17, 15) is 8.78 Å². The molecule has 1 N–H and O–H groups in total. The summed E-state index contributed by atoms with van der Waals surface area (Å²) in [4.78, 5) is 0. The highest BCUT2D eigenvalue weighted by atomic mass is 32.2. The van der Waals surface area contributed by atoms with Crippen LogP contribution in [0.2, 0.25) is 0 Å². The first-order chi connectivity index (χ1) is 8.66. The SMILES string of the molecule is CC1CNC(c2ccccc2OC(F)F)CSC1. The van der Waals surface area contributed by atoms with Gasteiger partial charge in [0.15, 0.2) is 0 Å². The van der Waals surface area contributed by atoms with Gasteiger partial charge in [0.1, 0.15) is 5.75 Å². The first-order valence-electron chi connectivity index (χ1n) is 6.01. The lowest BCUT2D eigenvalue weighted by Crippen LogP contribution is -2.26. The van der Waals surface area contributed by atoms with Gasteiger partial charge in [-0.25, -0.2) is 0 Å². The number of hydrogen-bond donors (Lipinski definition) is 1. The number of alkyl halides is 2. The van der Waals surface area contributed by atoms with E-state index in [1.54, 1.807) is 12.1 Å². The molecule has 2 atom stereocenters. The Morgan fingerprint density at radius 3 is 2.89 bits per heavy atom. The van der Waals surface area contributed by atoms with Crippen molar-refractivity contribution in [2.24, 2.45) is 5.92 Å². The van der Waals surface area contributed by atoms with Crippen LogP contribution in [-0.2, 0) is 0 Å². The molecule has 2 unspecified atom stereocenters. The Morgan fingerprint density at radius 2 is 2.11 bits per heavy atom. The lowest BCUT2D eigenvalue weighted by atomic mass is 10.1. The third-order valence-corrected chi connectivity index (χ3v) is 4.28. The lowest BCUT2D eigenvalue weighted by Gasteiger charge is -2.19. The molecule has 100 valence electrons. The zero-order chi connectivity index (χ0) is 13.0. The molecule has 1 aromatic rings. The summed E-state index contributed by atoms with van der Waals surface area (Å²) in [5.41, 5.74) is 0.819. The Labute approximate surface area is 110 Å². The van der Waals surface area contributed by atoms with Gasteiger partial charge in [-0.2, -0.15) is 20.5 Å². The van der Waals surface area contributed by atoms with Crippen LogP contribution < -0.4 is 10.1 Å². The zero-order valence-electron chi connectivity index (χ0n) is 10.2. The molecule has 18 heavy (non-hydrogen) atoms. The highest BCUT2D eigenvalue weighted by molar-refractivity contribution is 7.99. The molecule has 0 aromatic heterocycles. The van der Waals surface area contributed by atoms with Gasteiger partial charge in [0.05, 0.1) is 0 Å². The second-order valence-electron chi connectivity index (χ2n) is 4.52. The van der Waals surface area contributed by atoms with Crippen molar-refractivity contribution in [1.82, 2.24) is 5.32 Å². The predicted octanol–water partition coefficient (Wildman–Crippen LogP) is 3.30. The van der Waals surface area contributed by atoms with Gasteiger partial charge in [0.25, 0.3) is 0 Å². The highest BCUT2D eigenvalue weighted by Crippen LogP contribution is 2.30. The van der Waals surface area contributed by atoms with Gasteiger partial charge in [-0.05, 0) is 24.3 Å². The van der Waals surface area contributed by atoms with Crippen LogP contribution in [0.4, 0.5) is 8.78 Å². The van der Waals surface area contributed by atoms with Gasteiger partial charge < -0.3 is 10.1 Å². The van der Waals surface area contributed by atoms with E-state index in [0.29, 0.717) is 5.92 Å². The summed E-state index contributed by atoms with van der Waals surface area (Å²) in [7, 11) is 0. The second-order valence-corrected chi connectivity index (χ2v) is 5.59. The van der Waals surface area contributed by atoms with Crippen LogP contribution >= 0.6 is 11.8 Å². The van der Waals surface area contributed by atoms with E-state index in [1.807, 2.05) is 23.9 Å². The third-order valence-electron chi connectivity index (χ3n) is 2.91. The van der Waals surface area contributed by atoms with E-state index in [0.717, 1.165) is 23.6 Å². The van der Waals surface area contributed by atoms with Crippen LogP contribution in [0.3, 0.4) is 0 Å². The summed E-state index contributed by atoms with van der Waals surface area (Å²) in [5, 5.41) is 3.42. The van der Waals surface area contributed by atoms with Crippen molar-refractivity contribution in [2.75, 3.05) is 18.1 Å². The van der Waals surface area contributed by atoms with Crippen molar-refractivity contribution in [3.63, 3.8) is 0 Å². The zero-order valence-corrected chi connectivity index (χ0v) is 11.1. The van der Waals surface area contributed by atoms with Crippen LogP contribution in [0.5, 0.6) is 5.75 Å². The topological polar surface area (TPSA) is 21.3 Å². The summed E-state index contributed by atoms with van der Waals surface area (Å²) < 4.78 is 29.3. The molecular formula is C13H17F2NOS. The van der Waals surface area contributed by atoms with Gasteiger partial charge in [-0.3, -0.25) is 0 Å². The predicted molar refractivity (Wildman–Crippen MR) is 70.3 cm³/mol. The molecular weight excluding hydrogens is 256 g/mol. The summed E-state index contributed by atoms with van der Waals surface area (Å²) in [6.07, 6.45) is 0. The Balaban J connectivity index is 2.15. The summed E-state index contributed by atoms with van der Waals surface area (Å²) in [6, 6.07) is 7.10. The van der Waals surface area contributed by atoms with Crippen LogP contribution in [0.1, 0.15) is 18.5 Å². The molecule has 1 aliphatic heterocycles. The largest absolute Gasteiger partial charge is 0.434 e. The fourth-order valence-corrected chi connectivity index (χ4v) is 3.21. The molecule has 1 aliphatic rings. The molecule has 1 heterocycles. The molecule has 0 amide bonds. The normalized spacial score (nSPS) is 24.9. The Morgan fingerprint density at radius 1 is 1.33 bits per heavy atom. The number of rotatable bonds is 3. The maximum Gasteiger partial charge on any atom is 0.387 e. The molecule has 1 saturated heterocycles. The maximum atomic E-state index is 12.4. The highest BCUT2D eigenvalue weighted by Gasteiger charge is 2.21. The minimum atomic E-state index is -2.77. The van der Waals surface area contributed by atoms with Crippen molar-refractivity contribution >= 4 is 11.8 Å². The minimum Gasteiger partial charge on any atom is -0.434 e. The molecule has 0 bridgehead atoms. The molecule has 1 fully saturated rings. The molecule has 0 saturated carbocycles. The van der Waals surface area contributed by atoms with E-state index in [2.05, 4.69) is 17.0 Å². The van der Waals surface area contributed by atoms with E-state index in [1.165, 1.54) is 0 Å². The third kappa shape index (κ3) is 3.59. The van der Waals surface area contributed by atoms with E-state index in [-0.39, 0.29) is 11.8 Å². The van der Waals surface area contributed by atoms with Crippen molar-refractivity contribution in [3.05, 3.63) is 29.8 Å². The standard InChI is InChI=1S/C13H17F2NOS/c1-9-6-16-11(8-18-7-9)10-4-2-3-5-12(10)17-13(14)15/h2-5,9,11,13,16H,6-8H2,1H3.